The first-order valence-corrected chi connectivity index (χ1v) is 9.24. The normalized spacial score (nSPS) is 19.4. The lowest BCUT2D eigenvalue weighted by Gasteiger charge is -2.30. The number of hydrogen-bond donors (Lipinski definition) is 2. The largest absolute Gasteiger partial charge is 0.441 e. The number of piperazine rings is 1. The summed E-state index contributed by atoms with van der Waals surface area (Å²) in [5.41, 5.74) is -0.112. The number of pyridine rings is 1. The summed E-state index contributed by atoms with van der Waals surface area (Å²) < 4.78 is 46.0. The van der Waals surface area contributed by atoms with Crippen molar-refractivity contribution in [3.8, 4) is 11.4 Å². The van der Waals surface area contributed by atoms with Crippen molar-refractivity contribution in [2.75, 3.05) is 36.4 Å². The number of ether oxygens (including phenoxy) is 1. The summed E-state index contributed by atoms with van der Waals surface area (Å²) in [6.45, 7) is 4.22. The maximum absolute atomic E-state index is 13.6. The van der Waals surface area contributed by atoms with Gasteiger partial charge in [0.25, 0.3) is 0 Å². The molecule has 2 aliphatic rings. The number of nitrogens with zero attached hydrogens (tertiary/aromatic N) is 4. The van der Waals surface area contributed by atoms with Crippen LogP contribution in [0.15, 0.2) is 18.5 Å². The lowest BCUT2D eigenvalue weighted by atomic mass is 10.0. The number of aromatic nitrogens is 3. The summed E-state index contributed by atoms with van der Waals surface area (Å²) >= 11 is 0. The lowest BCUT2D eigenvalue weighted by Crippen LogP contribution is -2.44. The second-order valence-electron chi connectivity index (χ2n) is 6.75. The van der Waals surface area contributed by atoms with Crippen molar-refractivity contribution < 1.29 is 22.7 Å². The highest BCUT2D eigenvalue weighted by atomic mass is 19.4. The van der Waals surface area contributed by atoms with Crippen molar-refractivity contribution in [1.82, 2.24) is 20.3 Å². The molecule has 0 spiro atoms. The minimum Gasteiger partial charge on any atom is -0.441 e. The Kier molecular flexibility index (Phi) is 4.99. The summed E-state index contributed by atoms with van der Waals surface area (Å²) in [5.74, 6) is 0.457. The van der Waals surface area contributed by atoms with Gasteiger partial charge in [0.2, 0.25) is 0 Å². The Hall–Kier alpha value is -2.95. The van der Waals surface area contributed by atoms with Gasteiger partial charge in [-0.05, 0) is 18.6 Å². The first kappa shape index (κ1) is 19.4. The van der Waals surface area contributed by atoms with E-state index in [-0.39, 0.29) is 23.0 Å². The summed E-state index contributed by atoms with van der Waals surface area (Å²) in [6.07, 6.45) is -4.26. The van der Waals surface area contributed by atoms with Crippen LogP contribution in [0.1, 0.15) is 30.6 Å². The fourth-order valence-electron chi connectivity index (χ4n) is 3.46. The van der Waals surface area contributed by atoms with Gasteiger partial charge in [0.15, 0.2) is 0 Å². The third-order valence-corrected chi connectivity index (χ3v) is 4.87. The van der Waals surface area contributed by atoms with Gasteiger partial charge >= 0.3 is 12.3 Å². The Morgan fingerprint density at radius 2 is 2.00 bits per heavy atom. The average Bonchev–Trinajstić information content (AvgIpc) is 2.72. The lowest BCUT2D eigenvalue weighted by molar-refractivity contribution is -0.137. The van der Waals surface area contributed by atoms with E-state index < -0.39 is 23.9 Å². The molecule has 2 aliphatic heterocycles. The minimum atomic E-state index is -4.54. The molecule has 2 aromatic heterocycles. The van der Waals surface area contributed by atoms with Crippen LogP contribution in [0.4, 0.5) is 29.6 Å². The molecule has 2 aromatic rings. The fourth-order valence-corrected chi connectivity index (χ4v) is 3.46. The van der Waals surface area contributed by atoms with Gasteiger partial charge in [0.05, 0.1) is 16.8 Å². The Labute approximate surface area is 164 Å². The van der Waals surface area contributed by atoms with Crippen LogP contribution in [0.2, 0.25) is 0 Å². The highest BCUT2D eigenvalue weighted by Crippen LogP contribution is 2.39. The molecule has 1 atom stereocenters. The first-order chi connectivity index (χ1) is 13.9. The summed E-state index contributed by atoms with van der Waals surface area (Å²) in [7, 11) is 0. The zero-order valence-electron chi connectivity index (χ0n) is 15.6. The molecule has 0 radical (unpaired) electrons. The van der Waals surface area contributed by atoms with Crippen molar-refractivity contribution in [2.24, 2.45) is 0 Å². The van der Waals surface area contributed by atoms with Gasteiger partial charge in [-0.2, -0.15) is 13.2 Å². The highest BCUT2D eigenvalue weighted by Gasteiger charge is 2.35. The molecule has 0 aliphatic carbocycles. The van der Waals surface area contributed by atoms with E-state index in [0.29, 0.717) is 38.2 Å². The molecule has 0 aromatic carbocycles. The second kappa shape index (κ2) is 7.47. The number of alkyl halides is 3. The van der Waals surface area contributed by atoms with Crippen LogP contribution in [0.25, 0.3) is 11.4 Å². The molecular weight excluding hydrogens is 389 g/mol. The average molecular weight is 408 g/mol. The van der Waals surface area contributed by atoms with Gasteiger partial charge in [-0.1, -0.05) is 6.92 Å². The molecule has 1 amide bonds. The van der Waals surface area contributed by atoms with Gasteiger partial charge in [0, 0.05) is 26.2 Å². The molecule has 11 heteroatoms. The topological polar surface area (TPSA) is 92.3 Å². The SMILES string of the molecule is CC[C@@H]1OC(=O)Nc2ncnc(-c3cc(C(F)(F)F)cc(N4CCNCC4)n3)c21. The van der Waals surface area contributed by atoms with Crippen LogP contribution in [0.3, 0.4) is 0 Å². The molecule has 0 bridgehead atoms. The van der Waals surface area contributed by atoms with E-state index >= 15 is 0 Å². The number of halogens is 3. The summed E-state index contributed by atoms with van der Waals surface area (Å²) in [6, 6.07) is 2.02. The van der Waals surface area contributed by atoms with Gasteiger partial charge in [-0.3, -0.25) is 5.32 Å². The molecule has 0 unspecified atom stereocenters. The predicted molar refractivity (Wildman–Crippen MR) is 98.5 cm³/mol. The number of carbonyl (C=O) groups is 1. The second-order valence-corrected chi connectivity index (χ2v) is 6.75. The van der Waals surface area contributed by atoms with Crippen LogP contribution in [0.5, 0.6) is 0 Å². The van der Waals surface area contributed by atoms with Crippen LogP contribution in [-0.4, -0.2) is 47.2 Å². The summed E-state index contributed by atoms with van der Waals surface area (Å²) in [5, 5.41) is 5.64. The van der Waals surface area contributed by atoms with Crippen molar-refractivity contribution in [1.29, 1.82) is 0 Å². The third kappa shape index (κ3) is 3.82. The van der Waals surface area contributed by atoms with E-state index in [0.717, 1.165) is 12.1 Å². The monoisotopic (exact) mass is 408 g/mol. The van der Waals surface area contributed by atoms with Crippen molar-refractivity contribution in [3.63, 3.8) is 0 Å². The number of nitrogens with one attached hydrogen (secondary N) is 2. The highest BCUT2D eigenvalue weighted by molar-refractivity contribution is 5.88. The fraction of sp³-hybridized carbons (Fsp3) is 0.444. The smallest absolute Gasteiger partial charge is 0.416 e. The molecular formula is C18H19F3N6O2. The zero-order valence-corrected chi connectivity index (χ0v) is 15.6. The van der Waals surface area contributed by atoms with Gasteiger partial charge in [-0.25, -0.2) is 19.7 Å². The van der Waals surface area contributed by atoms with Gasteiger partial charge in [-0.15, -0.1) is 0 Å². The molecule has 0 saturated carbocycles. The Bertz CT molecular complexity index is 930. The van der Waals surface area contributed by atoms with Crippen LogP contribution in [-0.2, 0) is 10.9 Å². The number of hydrogen-bond acceptors (Lipinski definition) is 7. The third-order valence-electron chi connectivity index (χ3n) is 4.87. The summed E-state index contributed by atoms with van der Waals surface area (Å²) in [4.78, 5) is 26.2. The maximum atomic E-state index is 13.6. The molecule has 29 heavy (non-hydrogen) atoms. The molecule has 2 N–H and O–H groups in total. The number of fused-ring (bicyclic) bond motifs is 1. The number of rotatable bonds is 3. The Balaban J connectivity index is 1.87. The predicted octanol–water partition coefficient (Wildman–Crippen LogP) is 2.98. The van der Waals surface area contributed by atoms with Crippen LogP contribution in [0, 0.1) is 0 Å². The molecule has 1 saturated heterocycles. The van der Waals surface area contributed by atoms with Crippen molar-refractivity contribution in [2.45, 2.75) is 25.6 Å². The number of carbonyl (C=O) groups excluding carboxylic acids is 1. The van der Waals surface area contributed by atoms with E-state index in [1.807, 2.05) is 0 Å². The molecule has 4 heterocycles. The molecule has 154 valence electrons. The quantitative estimate of drug-likeness (QED) is 0.807. The Morgan fingerprint density at radius 1 is 1.24 bits per heavy atom. The standard InChI is InChI=1S/C18H19F3N6O2/c1-2-12-14-15(23-9-24-16(14)26-17(28)29-12)11-7-10(18(19,20)21)8-13(25-11)27-5-3-22-4-6-27/h7-9,12,22H,2-6H2,1H3,(H,23,24,26,28)/t12-/m0/s1. The Morgan fingerprint density at radius 3 is 2.69 bits per heavy atom. The van der Waals surface area contributed by atoms with E-state index in [2.05, 4.69) is 25.6 Å². The molecule has 4 rings (SSSR count). The van der Waals surface area contributed by atoms with Crippen LogP contribution >= 0.6 is 0 Å². The zero-order chi connectivity index (χ0) is 20.6. The first-order valence-electron chi connectivity index (χ1n) is 9.24. The number of amides is 1. The van der Waals surface area contributed by atoms with Crippen molar-refractivity contribution in [3.05, 3.63) is 29.6 Å². The molecule has 8 nitrogen and oxygen atoms in total. The van der Waals surface area contributed by atoms with E-state index in [1.54, 1.807) is 11.8 Å². The van der Waals surface area contributed by atoms with E-state index in [1.165, 1.54) is 6.33 Å². The minimum absolute atomic E-state index is 0.0604. The van der Waals surface area contributed by atoms with Crippen molar-refractivity contribution >= 4 is 17.7 Å². The van der Waals surface area contributed by atoms with E-state index in [4.69, 9.17) is 4.74 Å². The van der Waals surface area contributed by atoms with Gasteiger partial charge in [0.1, 0.15) is 29.8 Å². The van der Waals surface area contributed by atoms with Gasteiger partial charge < -0.3 is 15.0 Å². The van der Waals surface area contributed by atoms with E-state index in [9.17, 15) is 18.0 Å². The number of cyclic esters (lactones) is 1. The molecule has 1 fully saturated rings. The number of anilines is 2. The van der Waals surface area contributed by atoms with Crippen LogP contribution < -0.4 is 15.5 Å². The maximum Gasteiger partial charge on any atom is 0.416 e.